The van der Waals surface area contributed by atoms with Gasteiger partial charge in [0.1, 0.15) is 5.60 Å². The van der Waals surface area contributed by atoms with Gasteiger partial charge in [-0.25, -0.2) is 0 Å². The summed E-state index contributed by atoms with van der Waals surface area (Å²) in [5.41, 5.74) is -0.500. The van der Waals surface area contributed by atoms with Gasteiger partial charge in [-0.3, -0.25) is 4.79 Å². The number of hydrogen-bond donors (Lipinski definition) is 0. The molecule has 0 heterocycles. The number of carbonyl (C=O) groups excluding carboxylic acids is 1. The van der Waals surface area contributed by atoms with Crippen molar-refractivity contribution in [1.29, 1.82) is 0 Å². The van der Waals surface area contributed by atoms with Gasteiger partial charge < -0.3 is 4.74 Å². The van der Waals surface area contributed by atoms with E-state index in [4.69, 9.17) is 4.74 Å². The van der Waals surface area contributed by atoms with Crippen LogP contribution in [-0.4, -0.2) is 11.6 Å². The molecular formula is C17H28O2. The Hall–Kier alpha value is -0.530. The van der Waals surface area contributed by atoms with Crippen molar-refractivity contribution in [2.24, 2.45) is 29.1 Å². The predicted octanol–water partition coefficient (Wildman–Crippen LogP) is 4.18. The van der Waals surface area contributed by atoms with E-state index in [1.165, 1.54) is 25.7 Å². The largest absolute Gasteiger partial charge is 0.459 e. The highest BCUT2D eigenvalue weighted by atomic mass is 16.6. The van der Waals surface area contributed by atoms with Crippen LogP contribution in [0.15, 0.2) is 0 Å². The van der Waals surface area contributed by atoms with Crippen LogP contribution in [-0.2, 0) is 9.53 Å². The van der Waals surface area contributed by atoms with Crippen molar-refractivity contribution in [2.75, 3.05) is 0 Å². The third-order valence-electron chi connectivity index (χ3n) is 6.52. The van der Waals surface area contributed by atoms with Gasteiger partial charge in [-0.15, -0.1) is 0 Å². The minimum atomic E-state index is -0.333. The highest BCUT2D eigenvalue weighted by Gasteiger charge is 2.61. The molecule has 3 fully saturated rings. The molecule has 0 aromatic rings. The van der Waals surface area contributed by atoms with Crippen LogP contribution in [0.2, 0.25) is 0 Å². The third kappa shape index (κ3) is 1.94. The van der Waals surface area contributed by atoms with Gasteiger partial charge in [-0.2, -0.15) is 0 Å². The van der Waals surface area contributed by atoms with Crippen LogP contribution in [0, 0.1) is 29.1 Å². The Balaban J connectivity index is 1.74. The zero-order valence-electron chi connectivity index (χ0n) is 12.9. The molecule has 108 valence electrons. The summed E-state index contributed by atoms with van der Waals surface area (Å²) < 4.78 is 6.06. The van der Waals surface area contributed by atoms with Crippen LogP contribution >= 0.6 is 0 Å². The molecule has 0 aliphatic heterocycles. The van der Waals surface area contributed by atoms with E-state index in [0.29, 0.717) is 5.92 Å². The van der Waals surface area contributed by atoms with Crippen molar-refractivity contribution in [1.82, 2.24) is 0 Å². The van der Waals surface area contributed by atoms with E-state index in [1.54, 1.807) is 0 Å². The molecule has 0 N–H and O–H groups in total. The Labute approximate surface area is 117 Å². The first-order chi connectivity index (χ1) is 8.87. The fourth-order valence-corrected chi connectivity index (χ4v) is 5.00. The van der Waals surface area contributed by atoms with Gasteiger partial charge in [0.15, 0.2) is 0 Å². The first-order valence-electron chi connectivity index (χ1n) is 8.11. The number of ether oxygens (including phenoxy) is 1. The molecule has 2 heteroatoms. The molecule has 5 atom stereocenters. The molecule has 0 radical (unpaired) electrons. The lowest BCUT2D eigenvalue weighted by Crippen LogP contribution is -2.45. The Morgan fingerprint density at radius 2 is 2.00 bits per heavy atom. The second kappa shape index (κ2) is 4.23. The molecule has 0 saturated heterocycles. The van der Waals surface area contributed by atoms with Gasteiger partial charge in [0, 0.05) is 5.92 Å². The van der Waals surface area contributed by atoms with Gasteiger partial charge in [0.25, 0.3) is 0 Å². The Morgan fingerprint density at radius 3 is 2.68 bits per heavy atom. The van der Waals surface area contributed by atoms with Crippen molar-refractivity contribution < 1.29 is 9.53 Å². The summed E-state index contributed by atoms with van der Waals surface area (Å²) >= 11 is 0. The molecular weight excluding hydrogens is 236 g/mol. The van der Waals surface area contributed by atoms with E-state index in [0.717, 1.165) is 30.6 Å². The van der Waals surface area contributed by atoms with Crippen molar-refractivity contribution in [3.8, 4) is 0 Å². The highest BCUT2D eigenvalue weighted by Crippen LogP contribution is 2.63. The fourth-order valence-electron chi connectivity index (χ4n) is 5.00. The van der Waals surface area contributed by atoms with Crippen LogP contribution in [0.1, 0.15) is 66.2 Å². The number of rotatable bonds is 3. The van der Waals surface area contributed by atoms with Crippen LogP contribution in [0.4, 0.5) is 0 Å². The standard InChI is InChI=1S/C17H28O2/c1-5-16(2,3)15(18)19-17(4)10-11-9-14(17)13-8-6-7-12(11)13/h11-14H,5-10H2,1-4H3/t11-,12?,13?,14+,17-/m1/s1. The maximum atomic E-state index is 12.4. The summed E-state index contributed by atoms with van der Waals surface area (Å²) in [7, 11) is 0. The average molecular weight is 264 g/mol. The molecule has 2 nitrogen and oxygen atoms in total. The minimum absolute atomic E-state index is 0.0135. The maximum Gasteiger partial charge on any atom is 0.312 e. The van der Waals surface area contributed by atoms with E-state index in [2.05, 4.69) is 13.8 Å². The summed E-state index contributed by atoms with van der Waals surface area (Å²) in [5, 5.41) is 0. The van der Waals surface area contributed by atoms with E-state index in [9.17, 15) is 4.79 Å². The first kappa shape index (κ1) is 13.5. The first-order valence-corrected chi connectivity index (χ1v) is 8.11. The lowest BCUT2D eigenvalue weighted by atomic mass is 9.73. The zero-order chi connectivity index (χ0) is 13.8. The van der Waals surface area contributed by atoms with Crippen molar-refractivity contribution in [2.45, 2.75) is 71.8 Å². The zero-order valence-corrected chi connectivity index (χ0v) is 12.9. The Bertz CT molecular complexity index is 387. The lowest BCUT2D eigenvalue weighted by Gasteiger charge is -2.41. The highest BCUT2D eigenvalue weighted by molar-refractivity contribution is 5.76. The summed E-state index contributed by atoms with van der Waals surface area (Å²) in [6, 6.07) is 0. The van der Waals surface area contributed by atoms with E-state index in [1.807, 2.05) is 13.8 Å². The van der Waals surface area contributed by atoms with Gasteiger partial charge in [-0.05, 0) is 70.6 Å². The molecule has 3 aliphatic rings. The minimum Gasteiger partial charge on any atom is -0.459 e. The summed E-state index contributed by atoms with van der Waals surface area (Å²) in [6.07, 6.45) is 7.47. The normalized spacial score (nSPS) is 44.4. The molecule has 3 rings (SSSR count). The molecule has 19 heavy (non-hydrogen) atoms. The molecule has 3 aliphatic carbocycles. The van der Waals surface area contributed by atoms with E-state index in [-0.39, 0.29) is 17.0 Å². The number of esters is 1. The molecule has 3 saturated carbocycles. The van der Waals surface area contributed by atoms with Crippen molar-refractivity contribution in [3.05, 3.63) is 0 Å². The van der Waals surface area contributed by atoms with Gasteiger partial charge in [0.05, 0.1) is 5.41 Å². The SMILES string of the molecule is CCC(C)(C)C(=O)O[C@]1(C)C[C@H]2C[C@H]1C1CCCC12. The second-order valence-electron chi connectivity index (χ2n) is 8.00. The lowest BCUT2D eigenvalue weighted by molar-refractivity contribution is -0.177. The third-order valence-corrected chi connectivity index (χ3v) is 6.52. The summed E-state index contributed by atoms with van der Waals surface area (Å²) in [4.78, 5) is 12.4. The van der Waals surface area contributed by atoms with Crippen molar-refractivity contribution >= 4 is 5.97 Å². The number of hydrogen-bond acceptors (Lipinski definition) is 2. The van der Waals surface area contributed by atoms with Crippen molar-refractivity contribution in [3.63, 3.8) is 0 Å². The van der Waals surface area contributed by atoms with Gasteiger partial charge in [-0.1, -0.05) is 13.3 Å². The Kier molecular flexibility index (Phi) is 3.00. The van der Waals surface area contributed by atoms with E-state index >= 15 is 0 Å². The Morgan fingerprint density at radius 1 is 1.32 bits per heavy atom. The maximum absolute atomic E-state index is 12.4. The van der Waals surface area contributed by atoms with E-state index < -0.39 is 0 Å². The predicted molar refractivity (Wildman–Crippen MR) is 75.6 cm³/mol. The fraction of sp³-hybridized carbons (Fsp3) is 0.941. The summed E-state index contributed by atoms with van der Waals surface area (Å²) in [6.45, 7) is 8.28. The topological polar surface area (TPSA) is 26.3 Å². The molecule has 0 aromatic carbocycles. The number of fused-ring (bicyclic) bond motifs is 5. The molecule has 2 unspecified atom stereocenters. The number of carbonyl (C=O) groups is 1. The molecule has 0 spiro atoms. The second-order valence-corrected chi connectivity index (χ2v) is 8.00. The molecule has 2 bridgehead atoms. The molecule has 0 aromatic heterocycles. The molecule has 0 amide bonds. The van der Waals surface area contributed by atoms with Crippen LogP contribution in [0.5, 0.6) is 0 Å². The smallest absolute Gasteiger partial charge is 0.312 e. The average Bonchev–Trinajstić information content (AvgIpc) is 2.98. The van der Waals surface area contributed by atoms with Gasteiger partial charge in [0.2, 0.25) is 0 Å². The van der Waals surface area contributed by atoms with Crippen LogP contribution in [0.25, 0.3) is 0 Å². The quantitative estimate of drug-likeness (QED) is 0.715. The van der Waals surface area contributed by atoms with Crippen LogP contribution in [0.3, 0.4) is 0 Å². The summed E-state index contributed by atoms with van der Waals surface area (Å²) in [5.74, 6) is 3.29. The van der Waals surface area contributed by atoms with Gasteiger partial charge >= 0.3 is 5.97 Å². The van der Waals surface area contributed by atoms with Crippen LogP contribution < -0.4 is 0 Å². The monoisotopic (exact) mass is 264 g/mol.